The summed E-state index contributed by atoms with van der Waals surface area (Å²) >= 11 is 1.60. The molecule has 0 saturated heterocycles. The number of carboxylic acids is 1. The zero-order valence-electron chi connectivity index (χ0n) is 16.0. The van der Waals surface area contributed by atoms with E-state index >= 15 is 0 Å². The fourth-order valence-electron chi connectivity index (χ4n) is 2.95. The van der Waals surface area contributed by atoms with E-state index in [1.807, 2.05) is 48.0 Å². The highest BCUT2D eigenvalue weighted by Crippen LogP contribution is 2.32. The molecule has 1 unspecified atom stereocenters. The Morgan fingerprint density at radius 1 is 1.24 bits per heavy atom. The molecule has 0 radical (unpaired) electrons. The van der Waals surface area contributed by atoms with Gasteiger partial charge in [-0.05, 0) is 65.4 Å². The summed E-state index contributed by atoms with van der Waals surface area (Å²) in [6.45, 7) is 2.36. The minimum atomic E-state index is -1.14. The molecule has 0 aliphatic carbocycles. The van der Waals surface area contributed by atoms with E-state index in [9.17, 15) is 15.2 Å². The van der Waals surface area contributed by atoms with Gasteiger partial charge in [0.2, 0.25) is 0 Å². The van der Waals surface area contributed by atoms with Crippen molar-refractivity contribution in [3.8, 4) is 17.6 Å². The third kappa shape index (κ3) is 5.59. The van der Waals surface area contributed by atoms with Crippen molar-refractivity contribution in [1.82, 2.24) is 0 Å². The zero-order valence-corrected chi connectivity index (χ0v) is 16.8. The van der Waals surface area contributed by atoms with Crippen LogP contribution in [-0.4, -0.2) is 5.97 Å². The number of aryl methyl sites for hydroxylation is 1. The maximum atomic E-state index is 11.0. The first kappa shape index (κ1) is 20.4. The first-order valence-electron chi connectivity index (χ1n) is 9.17. The molecule has 0 aliphatic rings. The van der Waals surface area contributed by atoms with E-state index < -0.39 is 12.1 Å². The summed E-state index contributed by atoms with van der Waals surface area (Å²) < 4.78 is 12.0. The molecule has 148 valence electrons. The standard InChI is InChI=1S/C23H21NO4S/c1-16-4-2-3-5-20(16)21(8-9-23(25)26)28-22-12-19(7-6-18(22)13-24)27-14-17-10-11-29-15-17/h2-7,10-12,15,21H,8-9,14H2,1H3,(H,25,26)/p-1. The summed E-state index contributed by atoms with van der Waals surface area (Å²) in [5.74, 6) is -0.198. The van der Waals surface area contributed by atoms with Gasteiger partial charge in [0.15, 0.2) is 0 Å². The summed E-state index contributed by atoms with van der Waals surface area (Å²) in [4.78, 5) is 11.0. The SMILES string of the molecule is Cc1ccccc1C(CCC(=O)[O-])Oc1cc(OCc2ccsc2)ccc1C#N. The summed E-state index contributed by atoms with van der Waals surface area (Å²) in [6.07, 6.45) is -0.430. The van der Waals surface area contributed by atoms with Crippen LogP contribution in [0, 0.1) is 18.3 Å². The van der Waals surface area contributed by atoms with Crippen LogP contribution in [0.3, 0.4) is 0 Å². The van der Waals surface area contributed by atoms with Crippen molar-refractivity contribution < 1.29 is 19.4 Å². The number of nitrogens with zero attached hydrogens (tertiary/aromatic N) is 1. The van der Waals surface area contributed by atoms with E-state index in [1.54, 1.807) is 29.5 Å². The van der Waals surface area contributed by atoms with Gasteiger partial charge in [0, 0.05) is 12.0 Å². The Bertz CT molecular complexity index is 1010. The molecule has 1 heterocycles. The molecule has 0 spiro atoms. The Labute approximate surface area is 173 Å². The van der Waals surface area contributed by atoms with Gasteiger partial charge in [-0.15, -0.1) is 0 Å². The Kier molecular flexibility index (Phi) is 6.88. The molecular weight excluding hydrogens is 386 g/mol. The molecule has 0 N–H and O–H groups in total. The van der Waals surface area contributed by atoms with E-state index in [0.29, 0.717) is 23.7 Å². The number of benzene rings is 2. The molecular formula is C23H20NO4S-. The number of hydrogen-bond acceptors (Lipinski definition) is 6. The molecule has 3 rings (SSSR count). The molecule has 3 aromatic rings. The van der Waals surface area contributed by atoms with Crippen molar-refractivity contribution in [2.24, 2.45) is 0 Å². The van der Waals surface area contributed by atoms with Gasteiger partial charge in [0.1, 0.15) is 30.3 Å². The number of rotatable bonds is 9. The second-order valence-corrected chi connectivity index (χ2v) is 7.34. The van der Waals surface area contributed by atoms with Crippen molar-refractivity contribution >= 4 is 17.3 Å². The first-order chi connectivity index (χ1) is 14.1. The lowest BCUT2D eigenvalue weighted by atomic mass is 9.99. The highest BCUT2D eigenvalue weighted by molar-refractivity contribution is 7.07. The van der Waals surface area contributed by atoms with Crippen LogP contribution in [-0.2, 0) is 11.4 Å². The van der Waals surface area contributed by atoms with Crippen molar-refractivity contribution in [2.45, 2.75) is 32.5 Å². The zero-order chi connectivity index (χ0) is 20.6. The van der Waals surface area contributed by atoms with Crippen LogP contribution >= 0.6 is 11.3 Å². The smallest absolute Gasteiger partial charge is 0.141 e. The lowest BCUT2D eigenvalue weighted by Gasteiger charge is -2.22. The quantitative estimate of drug-likeness (QED) is 0.533. The fraction of sp³-hybridized carbons (Fsp3) is 0.217. The van der Waals surface area contributed by atoms with E-state index in [-0.39, 0.29) is 12.8 Å². The molecule has 0 aliphatic heterocycles. The predicted molar refractivity (Wildman–Crippen MR) is 109 cm³/mol. The van der Waals surface area contributed by atoms with E-state index in [4.69, 9.17) is 9.47 Å². The number of hydrogen-bond donors (Lipinski definition) is 0. The van der Waals surface area contributed by atoms with Crippen molar-refractivity contribution in [3.05, 3.63) is 81.5 Å². The summed E-state index contributed by atoms with van der Waals surface area (Å²) in [7, 11) is 0. The molecule has 5 nitrogen and oxygen atoms in total. The molecule has 2 aromatic carbocycles. The van der Waals surface area contributed by atoms with E-state index in [0.717, 1.165) is 16.7 Å². The summed E-state index contributed by atoms with van der Waals surface area (Å²) in [5, 5.41) is 24.5. The molecule has 1 aromatic heterocycles. The Morgan fingerprint density at radius 3 is 2.76 bits per heavy atom. The number of aliphatic carboxylic acids is 1. The van der Waals surface area contributed by atoms with Gasteiger partial charge in [-0.25, -0.2) is 0 Å². The van der Waals surface area contributed by atoms with Crippen LogP contribution in [0.25, 0.3) is 0 Å². The largest absolute Gasteiger partial charge is 0.550 e. The van der Waals surface area contributed by atoms with Crippen LogP contribution < -0.4 is 14.6 Å². The molecule has 0 fully saturated rings. The monoisotopic (exact) mass is 406 g/mol. The normalized spacial score (nSPS) is 11.4. The van der Waals surface area contributed by atoms with Gasteiger partial charge in [0.25, 0.3) is 0 Å². The molecule has 0 amide bonds. The third-order valence-corrected chi connectivity index (χ3v) is 5.21. The van der Waals surface area contributed by atoms with Crippen molar-refractivity contribution in [2.75, 3.05) is 0 Å². The average molecular weight is 406 g/mol. The molecule has 0 bridgehead atoms. The number of nitriles is 1. The number of carbonyl (C=O) groups is 1. The van der Waals surface area contributed by atoms with Crippen molar-refractivity contribution in [3.63, 3.8) is 0 Å². The topological polar surface area (TPSA) is 82.4 Å². The molecule has 29 heavy (non-hydrogen) atoms. The Balaban J connectivity index is 1.85. The van der Waals surface area contributed by atoms with Crippen LogP contribution in [0.4, 0.5) is 0 Å². The number of carboxylic acid groups (broad SMARTS) is 1. The van der Waals surface area contributed by atoms with E-state index in [1.165, 1.54) is 0 Å². The fourth-order valence-corrected chi connectivity index (χ4v) is 3.61. The minimum Gasteiger partial charge on any atom is -0.550 e. The van der Waals surface area contributed by atoms with Gasteiger partial charge in [-0.3, -0.25) is 0 Å². The van der Waals surface area contributed by atoms with Gasteiger partial charge < -0.3 is 19.4 Å². The van der Waals surface area contributed by atoms with Gasteiger partial charge in [0.05, 0.1) is 5.56 Å². The second-order valence-electron chi connectivity index (χ2n) is 6.56. The highest BCUT2D eigenvalue weighted by Gasteiger charge is 2.18. The minimum absolute atomic E-state index is 0.144. The highest BCUT2D eigenvalue weighted by atomic mass is 32.1. The molecule has 6 heteroatoms. The molecule has 1 atom stereocenters. The van der Waals surface area contributed by atoms with Gasteiger partial charge in [-0.1, -0.05) is 24.3 Å². The molecule has 0 saturated carbocycles. The number of carbonyl (C=O) groups excluding carboxylic acids is 1. The lowest BCUT2D eigenvalue weighted by Crippen LogP contribution is -2.23. The average Bonchev–Trinajstić information content (AvgIpc) is 3.24. The summed E-state index contributed by atoms with van der Waals surface area (Å²) in [6, 6.07) is 16.8. The van der Waals surface area contributed by atoms with Crippen molar-refractivity contribution in [1.29, 1.82) is 5.26 Å². The van der Waals surface area contributed by atoms with Gasteiger partial charge >= 0.3 is 0 Å². The summed E-state index contributed by atoms with van der Waals surface area (Å²) in [5.41, 5.74) is 3.29. The van der Waals surface area contributed by atoms with Crippen LogP contribution in [0.15, 0.2) is 59.3 Å². The first-order valence-corrected chi connectivity index (χ1v) is 10.1. The Morgan fingerprint density at radius 2 is 2.07 bits per heavy atom. The van der Waals surface area contributed by atoms with E-state index in [2.05, 4.69) is 6.07 Å². The lowest BCUT2D eigenvalue weighted by molar-refractivity contribution is -0.306. The maximum absolute atomic E-state index is 11.0. The number of ether oxygens (including phenoxy) is 2. The maximum Gasteiger partial charge on any atom is 0.141 e. The van der Waals surface area contributed by atoms with Crippen LogP contribution in [0.1, 0.15) is 41.2 Å². The Hall–Kier alpha value is -3.30. The number of thiophene rings is 1. The third-order valence-electron chi connectivity index (χ3n) is 4.47. The van der Waals surface area contributed by atoms with Crippen LogP contribution in [0.5, 0.6) is 11.5 Å². The predicted octanol–water partition coefficient (Wildman–Crippen LogP) is 4.16. The second kappa shape index (κ2) is 9.76. The van der Waals surface area contributed by atoms with Crippen LogP contribution in [0.2, 0.25) is 0 Å². The van der Waals surface area contributed by atoms with Gasteiger partial charge in [-0.2, -0.15) is 16.6 Å².